The van der Waals surface area contributed by atoms with E-state index in [1.807, 2.05) is 36.0 Å². The van der Waals surface area contributed by atoms with Gasteiger partial charge in [0.1, 0.15) is 0 Å². The van der Waals surface area contributed by atoms with Crippen molar-refractivity contribution in [2.45, 2.75) is 19.2 Å². The molecule has 0 bridgehead atoms. The molecule has 0 spiro atoms. The monoisotopic (exact) mass is 461 g/mol. The van der Waals surface area contributed by atoms with Crippen LogP contribution < -0.4 is 5.32 Å². The fourth-order valence-electron chi connectivity index (χ4n) is 3.62. The predicted octanol–water partition coefficient (Wildman–Crippen LogP) is 2.74. The Kier molecular flexibility index (Phi) is 8.54. The lowest BCUT2D eigenvalue weighted by molar-refractivity contribution is 0.0956. The summed E-state index contributed by atoms with van der Waals surface area (Å²) in [6, 6.07) is 16.2. The first-order valence-corrected chi connectivity index (χ1v) is 13.5. The van der Waals surface area contributed by atoms with Crippen LogP contribution in [0, 0.1) is 6.92 Å². The lowest BCUT2D eigenvalue weighted by Crippen LogP contribution is -2.47. The van der Waals surface area contributed by atoms with Crippen molar-refractivity contribution in [3.63, 3.8) is 0 Å². The highest BCUT2D eigenvalue weighted by Gasteiger charge is 2.23. The van der Waals surface area contributed by atoms with Gasteiger partial charge < -0.3 is 5.32 Å². The lowest BCUT2D eigenvalue weighted by Gasteiger charge is -2.33. The number of nitrogens with zero attached hydrogens (tertiary/aromatic N) is 2. The van der Waals surface area contributed by atoms with Crippen molar-refractivity contribution < 1.29 is 13.2 Å². The zero-order chi connectivity index (χ0) is 22.3. The summed E-state index contributed by atoms with van der Waals surface area (Å²) < 4.78 is 24.8. The lowest BCUT2D eigenvalue weighted by atomic mass is 10.1. The first kappa shape index (κ1) is 23.8. The van der Waals surface area contributed by atoms with Gasteiger partial charge in [-0.1, -0.05) is 42.0 Å². The van der Waals surface area contributed by atoms with Gasteiger partial charge in [0.15, 0.2) is 0 Å². The van der Waals surface area contributed by atoms with E-state index in [2.05, 4.69) is 41.4 Å². The minimum Gasteiger partial charge on any atom is -0.351 e. The van der Waals surface area contributed by atoms with Crippen LogP contribution in [-0.2, 0) is 22.3 Å². The maximum absolute atomic E-state index is 12.5. The van der Waals surface area contributed by atoms with Gasteiger partial charge in [0.25, 0.3) is 5.91 Å². The van der Waals surface area contributed by atoms with Gasteiger partial charge in [0, 0.05) is 56.3 Å². The summed E-state index contributed by atoms with van der Waals surface area (Å²) >= 11 is 1.81. The van der Waals surface area contributed by atoms with Gasteiger partial charge in [-0.05, 0) is 30.2 Å². The molecule has 0 aliphatic carbocycles. The van der Waals surface area contributed by atoms with Gasteiger partial charge in [-0.2, -0.15) is 16.1 Å². The summed E-state index contributed by atoms with van der Waals surface area (Å²) in [6.07, 6.45) is 1.26. The Balaban J connectivity index is 1.41. The summed E-state index contributed by atoms with van der Waals surface area (Å²) in [5, 5.41) is 3.00. The third-order valence-electron chi connectivity index (χ3n) is 5.28. The number of rotatable bonds is 9. The highest BCUT2D eigenvalue weighted by molar-refractivity contribution is 7.98. The van der Waals surface area contributed by atoms with Crippen molar-refractivity contribution in [1.29, 1.82) is 0 Å². The number of benzene rings is 2. The SMILES string of the molecule is Cc1cccc(CSCCNC(=O)c2cccc(CN3CCN(S(C)(=O)=O)CC3)c2)c1. The summed E-state index contributed by atoms with van der Waals surface area (Å²) in [6.45, 7) is 5.86. The van der Waals surface area contributed by atoms with Crippen molar-refractivity contribution in [2.24, 2.45) is 0 Å². The Hall–Kier alpha value is -1.87. The van der Waals surface area contributed by atoms with E-state index < -0.39 is 10.0 Å². The predicted molar refractivity (Wildman–Crippen MR) is 128 cm³/mol. The van der Waals surface area contributed by atoms with Crippen LogP contribution in [0.15, 0.2) is 48.5 Å². The zero-order valence-electron chi connectivity index (χ0n) is 18.2. The molecule has 2 aromatic rings. The number of thioether (sulfide) groups is 1. The minimum absolute atomic E-state index is 0.0556. The van der Waals surface area contributed by atoms with Gasteiger partial charge in [0.2, 0.25) is 10.0 Å². The maximum atomic E-state index is 12.5. The molecule has 0 unspecified atom stereocenters. The normalized spacial score (nSPS) is 15.7. The molecule has 1 aliphatic rings. The summed E-state index contributed by atoms with van der Waals surface area (Å²) in [5.74, 6) is 1.75. The quantitative estimate of drug-likeness (QED) is 0.582. The van der Waals surface area contributed by atoms with E-state index in [9.17, 15) is 13.2 Å². The molecule has 0 radical (unpaired) electrons. The van der Waals surface area contributed by atoms with E-state index in [-0.39, 0.29) is 5.91 Å². The standard InChI is InChI=1S/C23H31N3O3S2/c1-19-5-3-7-21(15-19)18-30-14-9-24-23(27)22-8-4-6-20(16-22)17-25-10-12-26(13-11-25)31(2,28)29/h3-8,15-16H,9-14,17-18H2,1-2H3,(H,24,27). The van der Waals surface area contributed by atoms with Crippen LogP contribution in [0.3, 0.4) is 0 Å². The zero-order valence-corrected chi connectivity index (χ0v) is 19.8. The summed E-state index contributed by atoms with van der Waals surface area (Å²) in [5.41, 5.74) is 4.30. The Bertz CT molecular complexity index is 987. The number of aryl methyl sites for hydroxylation is 1. The average molecular weight is 462 g/mol. The van der Waals surface area contributed by atoms with Crippen LogP contribution in [-0.4, -0.2) is 68.3 Å². The molecule has 2 aromatic carbocycles. The van der Waals surface area contributed by atoms with Crippen molar-refractivity contribution in [3.8, 4) is 0 Å². The molecule has 168 valence electrons. The van der Waals surface area contributed by atoms with Crippen molar-refractivity contribution >= 4 is 27.7 Å². The van der Waals surface area contributed by atoms with Crippen LogP contribution in [0.25, 0.3) is 0 Å². The number of hydrogen-bond acceptors (Lipinski definition) is 5. The minimum atomic E-state index is -3.12. The second kappa shape index (κ2) is 11.1. The van der Waals surface area contributed by atoms with E-state index in [0.717, 1.165) is 17.1 Å². The molecule has 8 heteroatoms. The molecule has 0 saturated carbocycles. The third-order valence-corrected chi connectivity index (χ3v) is 7.61. The van der Waals surface area contributed by atoms with E-state index in [4.69, 9.17) is 0 Å². The van der Waals surface area contributed by atoms with Crippen LogP contribution >= 0.6 is 11.8 Å². The number of carbonyl (C=O) groups is 1. The maximum Gasteiger partial charge on any atom is 0.251 e. The average Bonchev–Trinajstić information content (AvgIpc) is 2.73. The van der Waals surface area contributed by atoms with E-state index in [1.165, 1.54) is 21.7 Å². The topological polar surface area (TPSA) is 69.7 Å². The second-order valence-electron chi connectivity index (χ2n) is 7.94. The molecular weight excluding hydrogens is 430 g/mol. The van der Waals surface area contributed by atoms with Gasteiger partial charge in [-0.3, -0.25) is 9.69 Å². The van der Waals surface area contributed by atoms with Crippen molar-refractivity contribution in [2.75, 3.05) is 44.7 Å². The van der Waals surface area contributed by atoms with Gasteiger partial charge in [-0.15, -0.1) is 0 Å². The Morgan fingerprint density at radius 2 is 1.74 bits per heavy atom. The smallest absolute Gasteiger partial charge is 0.251 e. The molecule has 1 fully saturated rings. The van der Waals surface area contributed by atoms with Crippen LogP contribution in [0.2, 0.25) is 0 Å². The number of hydrogen-bond donors (Lipinski definition) is 1. The molecular formula is C23H31N3O3S2. The first-order valence-electron chi connectivity index (χ1n) is 10.5. The van der Waals surface area contributed by atoms with Crippen LogP contribution in [0.5, 0.6) is 0 Å². The molecule has 1 aliphatic heterocycles. The number of carbonyl (C=O) groups excluding carboxylic acids is 1. The van der Waals surface area contributed by atoms with Gasteiger partial charge in [-0.25, -0.2) is 8.42 Å². The van der Waals surface area contributed by atoms with Crippen LogP contribution in [0.4, 0.5) is 0 Å². The van der Waals surface area contributed by atoms with Crippen molar-refractivity contribution in [1.82, 2.24) is 14.5 Å². The highest BCUT2D eigenvalue weighted by Crippen LogP contribution is 2.14. The van der Waals surface area contributed by atoms with E-state index >= 15 is 0 Å². The number of nitrogens with one attached hydrogen (secondary N) is 1. The van der Waals surface area contributed by atoms with Gasteiger partial charge in [0.05, 0.1) is 6.26 Å². The number of piperazine rings is 1. The number of amides is 1. The van der Waals surface area contributed by atoms with Crippen molar-refractivity contribution in [3.05, 3.63) is 70.8 Å². The molecule has 1 saturated heterocycles. The molecule has 6 nitrogen and oxygen atoms in total. The Labute approximate surface area is 190 Å². The molecule has 3 rings (SSSR count). The Morgan fingerprint density at radius 1 is 1.03 bits per heavy atom. The second-order valence-corrected chi connectivity index (χ2v) is 11.0. The summed E-state index contributed by atoms with van der Waals surface area (Å²) in [4.78, 5) is 14.7. The summed E-state index contributed by atoms with van der Waals surface area (Å²) in [7, 11) is -3.12. The molecule has 0 aromatic heterocycles. The largest absolute Gasteiger partial charge is 0.351 e. The molecule has 0 atom stereocenters. The Morgan fingerprint density at radius 3 is 2.45 bits per heavy atom. The molecule has 1 heterocycles. The van der Waals surface area contributed by atoms with Crippen LogP contribution in [0.1, 0.15) is 27.0 Å². The van der Waals surface area contributed by atoms with E-state index in [1.54, 1.807) is 0 Å². The first-order chi connectivity index (χ1) is 14.8. The van der Waals surface area contributed by atoms with E-state index in [0.29, 0.717) is 44.8 Å². The highest BCUT2D eigenvalue weighted by atomic mass is 32.2. The molecule has 1 amide bonds. The van der Waals surface area contributed by atoms with Gasteiger partial charge >= 0.3 is 0 Å². The fraction of sp³-hybridized carbons (Fsp3) is 0.435. The third kappa shape index (κ3) is 7.64. The fourth-order valence-corrected chi connectivity index (χ4v) is 5.25. The molecule has 1 N–H and O–H groups in total. The molecule has 31 heavy (non-hydrogen) atoms. The number of sulfonamides is 1.